The third kappa shape index (κ3) is 4.31. The number of hydrogen-bond donors (Lipinski definition) is 2. The Hall–Kier alpha value is -4.19. The van der Waals surface area contributed by atoms with E-state index in [1.807, 2.05) is 18.3 Å². The molecule has 0 bridgehead atoms. The number of aryl methyl sites for hydroxylation is 2. The topological polar surface area (TPSA) is 132 Å². The van der Waals surface area contributed by atoms with Gasteiger partial charge in [0, 0.05) is 42.0 Å². The molecule has 0 fully saturated rings. The van der Waals surface area contributed by atoms with Crippen molar-refractivity contribution in [3.05, 3.63) is 64.2 Å². The molecule has 0 aliphatic carbocycles. The van der Waals surface area contributed by atoms with Crippen LogP contribution in [0.25, 0.3) is 22.2 Å². The first-order valence-electron chi connectivity index (χ1n) is 11.0. The predicted molar refractivity (Wildman–Crippen MR) is 133 cm³/mol. The van der Waals surface area contributed by atoms with E-state index in [2.05, 4.69) is 25.9 Å². The third-order valence-corrected chi connectivity index (χ3v) is 6.90. The van der Waals surface area contributed by atoms with Gasteiger partial charge in [-0.15, -0.1) is 11.8 Å². The summed E-state index contributed by atoms with van der Waals surface area (Å²) in [4.78, 5) is 31.2. The van der Waals surface area contributed by atoms with Crippen LogP contribution < -0.4 is 10.1 Å². The van der Waals surface area contributed by atoms with Crippen LogP contribution in [0.1, 0.15) is 12.0 Å². The number of aromatic nitrogens is 3. The van der Waals surface area contributed by atoms with Crippen molar-refractivity contribution in [2.45, 2.75) is 24.3 Å². The number of carbonyl (C=O) groups is 1. The molecule has 2 aromatic carbocycles. The molecule has 4 aromatic rings. The van der Waals surface area contributed by atoms with Gasteiger partial charge in [0.1, 0.15) is 5.75 Å². The van der Waals surface area contributed by atoms with E-state index in [1.54, 1.807) is 0 Å². The van der Waals surface area contributed by atoms with Crippen LogP contribution in [0.4, 0.5) is 21.7 Å². The molecule has 12 heteroatoms. The van der Waals surface area contributed by atoms with Crippen LogP contribution in [0.15, 0.2) is 47.6 Å². The average Bonchev–Trinajstić information content (AvgIpc) is 3.24. The zero-order chi connectivity index (χ0) is 25.4. The first-order valence-corrected chi connectivity index (χ1v) is 12.0. The minimum absolute atomic E-state index is 0.0414. The largest absolute Gasteiger partial charge is 0.494 e. The van der Waals surface area contributed by atoms with Crippen molar-refractivity contribution in [1.82, 2.24) is 14.5 Å². The lowest BCUT2D eigenvalue weighted by atomic mass is 10.0. The number of aliphatic carboxylic acids is 1. The summed E-state index contributed by atoms with van der Waals surface area (Å²) in [5.41, 5.74) is 3.10. The average molecular weight is 510 g/mol. The van der Waals surface area contributed by atoms with Crippen molar-refractivity contribution in [2.75, 3.05) is 18.2 Å². The fourth-order valence-electron chi connectivity index (χ4n) is 4.38. The lowest BCUT2D eigenvalue weighted by Crippen LogP contribution is -2.05. The Labute approximate surface area is 208 Å². The minimum Gasteiger partial charge on any atom is -0.494 e. The van der Waals surface area contributed by atoms with Crippen LogP contribution in [0.5, 0.6) is 5.75 Å². The molecule has 10 nitrogen and oxygen atoms in total. The van der Waals surface area contributed by atoms with E-state index in [9.17, 15) is 24.4 Å². The summed E-state index contributed by atoms with van der Waals surface area (Å²) in [5.74, 6) is -2.04. The van der Waals surface area contributed by atoms with E-state index in [0.717, 1.165) is 59.7 Å². The summed E-state index contributed by atoms with van der Waals surface area (Å²) in [6.07, 6.45) is 5.50. The number of carboxylic acids is 1. The fraction of sp³-hybridized carbons (Fsp3) is 0.208. The summed E-state index contributed by atoms with van der Waals surface area (Å²) in [5, 5.41) is 24.3. The second-order valence-electron chi connectivity index (χ2n) is 8.13. The van der Waals surface area contributed by atoms with E-state index in [0.29, 0.717) is 10.6 Å². The third-order valence-electron chi connectivity index (χ3n) is 5.90. The monoisotopic (exact) mass is 509 g/mol. The van der Waals surface area contributed by atoms with Crippen LogP contribution in [0.3, 0.4) is 0 Å². The van der Waals surface area contributed by atoms with Gasteiger partial charge in [-0.05, 0) is 18.4 Å². The van der Waals surface area contributed by atoms with E-state index < -0.39 is 22.4 Å². The number of rotatable bonds is 8. The van der Waals surface area contributed by atoms with Gasteiger partial charge in [-0.2, -0.15) is 4.39 Å². The second-order valence-corrected chi connectivity index (χ2v) is 9.15. The Morgan fingerprint density at radius 2 is 2.22 bits per heavy atom. The molecule has 1 aliphatic heterocycles. The van der Waals surface area contributed by atoms with Gasteiger partial charge in [0.2, 0.25) is 11.8 Å². The number of anilines is 2. The number of thioether (sulfide) groups is 1. The first-order chi connectivity index (χ1) is 17.4. The highest BCUT2D eigenvalue weighted by Crippen LogP contribution is 2.39. The van der Waals surface area contributed by atoms with Crippen LogP contribution in [-0.2, 0) is 17.8 Å². The van der Waals surface area contributed by atoms with Gasteiger partial charge < -0.3 is 19.7 Å². The zero-order valence-electron chi connectivity index (χ0n) is 19.0. The van der Waals surface area contributed by atoms with Gasteiger partial charge in [0.25, 0.3) is 0 Å². The van der Waals surface area contributed by atoms with Crippen molar-refractivity contribution in [3.8, 4) is 17.0 Å². The van der Waals surface area contributed by atoms with Crippen molar-refractivity contribution in [3.63, 3.8) is 0 Å². The summed E-state index contributed by atoms with van der Waals surface area (Å²) < 4.78 is 21.4. The lowest BCUT2D eigenvalue weighted by Gasteiger charge is -2.14. The van der Waals surface area contributed by atoms with Crippen molar-refractivity contribution < 1.29 is 24.0 Å². The zero-order valence-corrected chi connectivity index (χ0v) is 19.8. The van der Waals surface area contributed by atoms with Crippen LogP contribution >= 0.6 is 11.8 Å². The first kappa shape index (κ1) is 23.5. The van der Waals surface area contributed by atoms with Gasteiger partial charge in [-0.3, -0.25) is 14.9 Å². The molecule has 36 heavy (non-hydrogen) atoms. The maximum absolute atomic E-state index is 14.1. The lowest BCUT2D eigenvalue weighted by molar-refractivity contribution is -0.387. The second kappa shape index (κ2) is 9.46. The van der Waals surface area contributed by atoms with Crippen molar-refractivity contribution in [2.24, 2.45) is 0 Å². The molecule has 184 valence electrons. The highest BCUT2D eigenvalue weighted by atomic mass is 32.2. The van der Waals surface area contributed by atoms with E-state index >= 15 is 0 Å². The summed E-state index contributed by atoms with van der Waals surface area (Å²) in [7, 11) is 1.32. The van der Waals surface area contributed by atoms with Gasteiger partial charge in [0.05, 0.1) is 39.6 Å². The van der Waals surface area contributed by atoms with E-state index in [-0.39, 0.29) is 23.1 Å². The molecule has 0 saturated heterocycles. The molecule has 0 atom stereocenters. The molecule has 0 saturated carbocycles. The molecular formula is C24H20FN5O5S. The number of benzene rings is 2. The quantitative estimate of drug-likeness (QED) is 0.191. The number of nitrogens with one attached hydrogen (secondary N) is 1. The Balaban J connectivity index is 1.63. The Morgan fingerprint density at radius 3 is 2.97 bits per heavy atom. The summed E-state index contributed by atoms with van der Waals surface area (Å²) >= 11 is 1.10. The number of nitro groups is 1. The number of nitro benzene ring substituents is 1. The van der Waals surface area contributed by atoms with Crippen molar-refractivity contribution >= 4 is 46.0 Å². The normalized spacial score (nSPS) is 12.5. The van der Waals surface area contributed by atoms with Gasteiger partial charge in [0.15, 0.2) is 0 Å². The number of hydrogen-bond acceptors (Lipinski definition) is 8. The minimum atomic E-state index is -1.03. The summed E-state index contributed by atoms with van der Waals surface area (Å²) in [6, 6.07) is 8.03. The Bertz CT molecular complexity index is 1520. The molecule has 5 rings (SSSR count). The van der Waals surface area contributed by atoms with Gasteiger partial charge >= 0.3 is 11.7 Å². The molecule has 0 radical (unpaired) electrons. The number of ether oxygens (including phenoxy) is 1. The van der Waals surface area contributed by atoms with Crippen LogP contribution in [0.2, 0.25) is 0 Å². The van der Waals surface area contributed by atoms with Crippen molar-refractivity contribution in [1.29, 1.82) is 0 Å². The maximum atomic E-state index is 14.1. The Morgan fingerprint density at radius 1 is 1.39 bits per heavy atom. The molecule has 3 heterocycles. The maximum Gasteiger partial charge on any atom is 0.313 e. The number of nitrogens with zero attached hydrogens (tertiary/aromatic N) is 4. The number of para-hydroxylation sites is 1. The van der Waals surface area contributed by atoms with Crippen LogP contribution in [-0.4, -0.2) is 43.4 Å². The molecular weight excluding hydrogens is 489 g/mol. The number of halogens is 1. The van der Waals surface area contributed by atoms with E-state index in [4.69, 9.17) is 4.74 Å². The highest BCUT2D eigenvalue weighted by molar-refractivity contribution is 8.00. The van der Waals surface area contributed by atoms with Gasteiger partial charge in [-0.1, -0.05) is 18.2 Å². The highest BCUT2D eigenvalue weighted by Gasteiger charge is 2.23. The summed E-state index contributed by atoms with van der Waals surface area (Å²) in [6.45, 7) is 0.859. The molecule has 0 unspecified atom stereocenters. The molecule has 2 aromatic heterocycles. The molecule has 0 spiro atoms. The standard InChI is InChI=1S/C24H20FN5O5S/c1-35-19-8-16(25)18(30(33)34)9-17(19)27-24-26-10-20(36-12-21(31)32)22(28-24)15-11-29-7-3-5-13-4-2-6-14(15)23(13)29/h2,4,6,8-11H,3,5,7,12H2,1H3,(H,31,32)(H,26,27,28). The number of carboxylic acid groups (broad SMARTS) is 1. The molecule has 2 N–H and O–H groups in total. The SMILES string of the molecule is COc1cc(F)c([N+](=O)[O-])cc1Nc1ncc(SCC(=O)O)c(-c2cn3c4c(cccc24)CCC3)n1. The van der Waals surface area contributed by atoms with Crippen LogP contribution in [0, 0.1) is 15.9 Å². The Kier molecular flexibility index (Phi) is 6.18. The molecule has 1 aliphatic rings. The number of methoxy groups -OCH3 is 1. The van der Waals surface area contributed by atoms with Gasteiger partial charge in [-0.25, -0.2) is 9.97 Å². The molecule has 0 amide bonds. The fourth-order valence-corrected chi connectivity index (χ4v) is 5.08. The van der Waals surface area contributed by atoms with E-state index in [1.165, 1.54) is 18.9 Å². The smallest absolute Gasteiger partial charge is 0.313 e. The predicted octanol–water partition coefficient (Wildman–Crippen LogP) is 5.02.